The van der Waals surface area contributed by atoms with Crippen molar-refractivity contribution in [2.45, 2.75) is 20.8 Å². The van der Waals surface area contributed by atoms with Gasteiger partial charge in [0.25, 0.3) is 0 Å². The van der Waals surface area contributed by atoms with Crippen LogP contribution in [0.4, 0.5) is 0 Å². The van der Waals surface area contributed by atoms with Crippen molar-refractivity contribution in [1.82, 2.24) is 14.5 Å². The first-order valence-corrected chi connectivity index (χ1v) is 9.72. The minimum atomic E-state index is -0.267. The van der Waals surface area contributed by atoms with Gasteiger partial charge >= 0.3 is 0 Å². The number of benzene rings is 1. The van der Waals surface area contributed by atoms with Crippen molar-refractivity contribution in [3.05, 3.63) is 75.7 Å². The summed E-state index contributed by atoms with van der Waals surface area (Å²) >= 11 is 1.55. The SMILES string of the molecule is Cc1[nH]c2ccccc2c1C(=O)/C(C#N)=C/c1cc(C)n(-c2nccs2)c1C. The summed E-state index contributed by atoms with van der Waals surface area (Å²) in [6, 6.07) is 11.7. The van der Waals surface area contributed by atoms with E-state index < -0.39 is 0 Å². The van der Waals surface area contributed by atoms with Crippen LogP contribution >= 0.6 is 11.3 Å². The maximum Gasteiger partial charge on any atom is 0.205 e. The number of aromatic nitrogens is 3. The molecule has 3 heterocycles. The lowest BCUT2D eigenvalue weighted by Gasteiger charge is -2.05. The molecule has 0 fully saturated rings. The van der Waals surface area contributed by atoms with Gasteiger partial charge in [-0.3, -0.25) is 9.36 Å². The lowest BCUT2D eigenvalue weighted by atomic mass is 9.99. The molecule has 0 saturated carbocycles. The fraction of sp³-hybridized carbons (Fsp3) is 0.136. The van der Waals surface area contributed by atoms with E-state index in [1.807, 2.05) is 61.1 Å². The molecule has 0 aliphatic carbocycles. The van der Waals surface area contributed by atoms with Crippen LogP contribution in [0.3, 0.4) is 0 Å². The van der Waals surface area contributed by atoms with Crippen LogP contribution in [0, 0.1) is 32.1 Å². The van der Waals surface area contributed by atoms with Gasteiger partial charge in [-0.15, -0.1) is 11.3 Å². The van der Waals surface area contributed by atoms with Crippen molar-refractivity contribution < 1.29 is 4.79 Å². The summed E-state index contributed by atoms with van der Waals surface area (Å²) < 4.78 is 2.03. The molecule has 0 bridgehead atoms. The van der Waals surface area contributed by atoms with Crippen LogP contribution in [-0.4, -0.2) is 20.3 Å². The van der Waals surface area contributed by atoms with E-state index in [1.165, 1.54) is 0 Å². The Hall–Kier alpha value is -3.43. The van der Waals surface area contributed by atoms with Gasteiger partial charge in [-0.2, -0.15) is 5.26 Å². The van der Waals surface area contributed by atoms with Gasteiger partial charge in [-0.25, -0.2) is 4.98 Å². The first kappa shape index (κ1) is 18.0. The molecular formula is C22H18N4OS. The zero-order chi connectivity index (χ0) is 19.8. The van der Waals surface area contributed by atoms with E-state index in [2.05, 4.69) is 16.0 Å². The number of nitriles is 1. The van der Waals surface area contributed by atoms with E-state index in [0.29, 0.717) is 5.56 Å². The second-order valence-electron chi connectivity index (χ2n) is 6.65. The molecule has 4 rings (SSSR count). The van der Waals surface area contributed by atoms with E-state index >= 15 is 0 Å². The topological polar surface area (TPSA) is 74.5 Å². The Balaban J connectivity index is 1.81. The molecule has 0 spiro atoms. The molecule has 6 heteroatoms. The van der Waals surface area contributed by atoms with Crippen LogP contribution in [-0.2, 0) is 0 Å². The average Bonchev–Trinajstić information content (AvgIpc) is 3.37. The highest BCUT2D eigenvalue weighted by Gasteiger charge is 2.21. The Labute approximate surface area is 166 Å². The first-order chi connectivity index (χ1) is 13.5. The average molecular weight is 386 g/mol. The van der Waals surface area contributed by atoms with Gasteiger partial charge < -0.3 is 4.98 Å². The fourth-order valence-electron chi connectivity index (χ4n) is 3.56. The second kappa shape index (κ2) is 6.95. The van der Waals surface area contributed by atoms with Crippen LogP contribution in [0.2, 0.25) is 0 Å². The minimum Gasteiger partial charge on any atom is -0.358 e. The van der Waals surface area contributed by atoms with Gasteiger partial charge in [0.15, 0.2) is 5.13 Å². The second-order valence-corrected chi connectivity index (χ2v) is 7.52. The number of allylic oxidation sites excluding steroid dienone is 1. The smallest absolute Gasteiger partial charge is 0.205 e. The van der Waals surface area contributed by atoms with Gasteiger partial charge in [0.1, 0.15) is 11.6 Å². The number of H-pyrrole nitrogens is 1. The molecule has 3 aromatic heterocycles. The molecule has 0 atom stereocenters. The van der Waals surface area contributed by atoms with E-state index in [1.54, 1.807) is 23.6 Å². The number of fused-ring (bicyclic) bond motifs is 1. The standard InChI is InChI=1S/C22H18N4OS/c1-13-10-16(15(3)26(13)22-24-8-9-28-22)11-17(12-23)21(27)20-14(2)25-19-7-5-4-6-18(19)20/h4-11,25H,1-3H3/b17-11+. The Morgan fingerprint density at radius 3 is 2.79 bits per heavy atom. The number of hydrogen-bond acceptors (Lipinski definition) is 4. The van der Waals surface area contributed by atoms with Crippen molar-refractivity contribution in [3.8, 4) is 11.2 Å². The fourth-order valence-corrected chi connectivity index (χ4v) is 4.31. The Morgan fingerprint density at radius 2 is 2.07 bits per heavy atom. The molecule has 4 aromatic rings. The summed E-state index contributed by atoms with van der Waals surface area (Å²) in [6.07, 6.45) is 3.44. The monoisotopic (exact) mass is 386 g/mol. The quantitative estimate of drug-likeness (QED) is 0.300. The number of Topliss-reactive ketones (excluding diaryl/α,β-unsaturated/α-hetero) is 1. The molecule has 0 radical (unpaired) electrons. The molecule has 5 nitrogen and oxygen atoms in total. The van der Waals surface area contributed by atoms with Crippen LogP contribution in [0.25, 0.3) is 22.1 Å². The number of aryl methyl sites for hydroxylation is 2. The number of carbonyl (C=O) groups is 1. The summed E-state index contributed by atoms with van der Waals surface area (Å²) in [5.74, 6) is -0.267. The number of para-hydroxylation sites is 1. The van der Waals surface area contributed by atoms with E-state index in [0.717, 1.165) is 38.7 Å². The third-order valence-electron chi connectivity index (χ3n) is 4.87. The van der Waals surface area contributed by atoms with Crippen molar-refractivity contribution >= 4 is 34.1 Å². The molecule has 28 heavy (non-hydrogen) atoms. The zero-order valence-corrected chi connectivity index (χ0v) is 16.6. The summed E-state index contributed by atoms with van der Waals surface area (Å²) in [4.78, 5) is 20.8. The molecule has 0 amide bonds. The predicted molar refractivity (Wildman–Crippen MR) is 112 cm³/mol. The highest BCUT2D eigenvalue weighted by molar-refractivity contribution is 7.12. The number of nitrogens with zero attached hydrogens (tertiary/aromatic N) is 3. The van der Waals surface area contributed by atoms with Crippen molar-refractivity contribution in [2.75, 3.05) is 0 Å². The van der Waals surface area contributed by atoms with Crippen LogP contribution in [0.1, 0.15) is 33.0 Å². The van der Waals surface area contributed by atoms with Crippen molar-refractivity contribution in [2.24, 2.45) is 0 Å². The Bertz CT molecular complexity index is 1270. The normalized spacial score (nSPS) is 11.7. The van der Waals surface area contributed by atoms with Gasteiger partial charge in [0, 0.05) is 39.6 Å². The lowest BCUT2D eigenvalue weighted by molar-refractivity contribution is 0.104. The largest absolute Gasteiger partial charge is 0.358 e. The van der Waals surface area contributed by atoms with Crippen molar-refractivity contribution in [1.29, 1.82) is 5.26 Å². The maximum absolute atomic E-state index is 13.2. The zero-order valence-electron chi connectivity index (χ0n) is 15.8. The summed E-state index contributed by atoms with van der Waals surface area (Å²) in [6.45, 7) is 5.82. The molecule has 0 aliphatic rings. The summed E-state index contributed by atoms with van der Waals surface area (Å²) in [7, 11) is 0. The molecule has 1 N–H and O–H groups in total. The van der Waals surface area contributed by atoms with E-state index in [-0.39, 0.29) is 11.4 Å². The van der Waals surface area contributed by atoms with E-state index in [9.17, 15) is 10.1 Å². The molecule has 0 saturated heterocycles. The number of thiazole rings is 1. The van der Waals surface area contributed by atoms with Gasteiger partial charge in [-0.05, 0) is 44.5 Å². The summed E-state index contributed by atoms with van der Waals surface area (Å²) in [5, 5.41) is 13.3. The third-order valence-corrected chi connectivity index (χ3v) is 5.62. The summed E-state index contributed by atoms with van der Waals surface area (Å²) in [5.41, 5.74) is 5.12. The minimum absolute atomic E-state index is 0.118. The lowest BCUT2D eigenvalue weighted by Crippen LogP contribution is -2.03. The number of rotatable bonds is 4. The van der Waals surface area contributed by atoms with Crippen LogP contribution in [0.5, 0.6) is 0 Å². The number of hydrogen-bond donors (Lipinski definition) is 1. The molecule has 138 valence electrons. The number of carbonyl (C=O) groups excluding carboxylic acids is 1. The first-order valence-electron chi connectivity index (χ1n) is 8.84. The molecule has 1 aromatic carbocycles. The molecular weight excluding hydrogens is 368 g/mol. The number of ketones is 1. The third kappa shape index (κ3) is 2.86. The van der Waals surface area contributed by atoms with Crippen LogP contribution in [0.15, 0.2) is 47.5 Å². The predicted octanol–water partition coefficient (Wildman–Crippen LogP) is 5.13. The maximum atomic E-state index is 13.2. The van der Waals surface area contributed by atoms with Gasteiger partial charge in [0.2, 0.25) is 5.78 Å². The molecule has 0 aliphatic heterocycles. The highest BCUT2D eigenvalue weighted by atomic mass is 32.1. The molecule has 0 unspecified atom stereocenters. The Morgan fingerprint density at radius 1 is 1.29 bits per heavy atom. The number of nitrogens with one attached hydrogen (secondary N) is 1. The number of aromatic amines is 1. The van der Waals surface area contributed by atoms with Gasteiger partial charge in [-0.1, -0.05) is 18.2 Å². The van der Waals surface area contributed by atoms with Crippen molar-refractivity contribution in [3.63, 3.8) is 0 Å². The van der Waals surface area contributed by atoms with E-state index in [4.69, 9.17) is 0 Å². The van der Waals surface area contributed by atoms with Crippen LogP contribution < -0.4 is 0 Å². The Kier molecular flexibility index (Phi) is 4.46. The van der Waals surface area contributed by atoms with Gasteiger partial charge in [0.05, 0.1) is 5.56 Å². The highest BCUT2D eigenvalue weighted by Crippen LogP contribution is 2.27.